The Bertz CT molecular complexity index is 511. The summed E-state index contributed by atoms with van der Waals surface area (Å²) in [6.07, 6.45) is -0.0725. The first-order valence-electron chi connectivity index (χ1n) is 6.00. The van der Waals surface area contributed by atoms with Crippen LogP contribution in [0.2, 0.25) is 0 Å². The standard InChI is InChI=1S/C15H15Br2NO/c16-13-5-1-11(2-6-13)10-19-15(9-18)12-3-7-14(17)8-4-12/h1-8,15H,9-10,18H2. The van der Waals surface area contributed by atoms with Gasteiger partial charge in [-0.25, -0.2) is 0 Å². The van der Waals surface area contributed by atoms with Crippen molar-refractivity contribution < 1.29 is 4.74 Å². The average molecular weight is 385 g/mol. The molecule has 4 heteroatoms. The fourth-order valence-electron chi connectivity index (χ4n) is 1.76. The Balaban J connectivity index is 1.99. The lowest BCUT2D eigenvalue weighted by Crippen LogP contribution is -2.15. The van der Waals surface area contributed by atoms with Crippen molar-refractivity contribution in [2.24, 2.45) is 5.73 Å². The summed E-state index contributed by atoms with van der Waals surface area (Å²) in [5.74, 6) is 0. The van der Waals surface area contributed by atoms with Crippen LogP contribution >= 0.6 is 31.9 Å². The fraction of sp³-hybridized carbons (Fsp3) is 0.200. The highest BCUT2D eigenvalue weighted by Gasteiger charge is 2.10. The highest BCUT2D eigenvalue weighted by molar-refractivity contribution is 9.10. The summed E-state index contributed by atoms with van der Waals surface area (Å²) in [6.45, 7) is 1.03. The van der Waals surface area contributed by atoms with Crippen LogP contribution in [0.15, 0.2) is 57.5 Å². The molecular weight excluding hydrogens is 370 g/mol. The number of ether oxygens (including phenoxy) is 1. The first-order chi connectivity index (χ1) is 9.19. The van der Waals surface area contributed by atoms with Crippen molar-refractivity contribution in [3.05, 3.63) is 68.6 Å². The third-order valence-corrected chi connectivity index (χ3v) is 3.88. The number of hydrogen-bond acceptors (Lipinski definition) is 2. The third-order valence-electron chi connectivity index (χ3n) is 2.82. The Labute approximate surface area is 130 Å². The van der Waals surface area contributed by atoms with Gasteiger partial charge in [0.15, 0.2) is 0 Å². The summed E-state index contributed by atoms with van der Waals surface area (Å²) in [7, 11) is 0. The molecule has 0 aliphatic rings. The Kier molecular flexibility index (Phi) is 5.58. The molecular formula is C15H15Br2NO. The number of nitrogens with two attached hydrogens (primary N) is 1. The molecule has 0 saturated heterocycles. The SMILES string of the molecule is NCC(OCc1ccc(Br)cc1)c1ccc(Br)cc1. The summed E-state index contributed by atoms with van der Waals surface area (Å²) in [5, 5.41) is 0. The molecule has 19 heavy (non-hydrogen) atoms. The van der Waals surface area contributed by atoms with Crippen molar-refractivity contribution in [3.8, 4) is 0 Å². The molecule has 2 aromatic carbocycles. The van der Waals surface area contributed by atoms with E-state index in [4.69, 9.17) is 10.5 Å². The number of hydrogen-bond donors (Lipinski definition) is 1. The molecule has 0 aliphatic heterocycles. The highest BCUT2D eigenvalue weighted by Crippen LogP contribution is 2.21. The van der Waals surface area contributed by atoms with Crippen molar-refractivity contribution in [1.29, 1.82) is 0 Å². The van der Waals surface area contributed by atoms with Crippen LogP contribution in [0.4, 0.5) is 0 Å². The lowest BCUT2D eigenvalue weighted by atomic mass is 10.1. The van der Waals surface area contributed by atoms with Crippen molar-refractivity contribution in [1.82, 2.24) is 0 Å². The molecule has 0 bridgehead atoms. The van der Waals surface area contributed by atoms with Crippen LogP contribution < -0.4 is 5.73 Å². The van der Waals surface area contributed by atoms with E-state index in [1.54, 1.807) is 0 Å². The van der Waals surface area contributed by atoms with Gasteiger partial charge < -0.3 is 10.5 Å². The fourth-order valence-corrected chi connectivity index (χ4v) is 2.28. The number of benzene rings is 2. The normalized spacial score (nSPS) is 12.4. The summed E-state index contributed by atoms with van der Waals surface area (Å²) in [4.78, 5) is 0. The molecule has 1 unspecified atom stereocenters. The predicted octanol–water partition coefficient (Wildman–Crippen LogP) is 4.43. The first kappa shape index (κ1) is 14.7. The maximum Gasteiger partial charge on any atom is 0.0951 e. The van der Waals surface area contributed by atoms with Crippen LogP contribution in [0.5, 0.6) is 0 Å². The molecule has 2 aromatic rings. The van der Waals surface area contributed by atoms with Gasteiger partial charge in [-0.3, -0.25) is 0 Å². The van der Waals surface area contributed by atoms with Crippen LogP contribution in [-0.4, -0.2) is 6.54 Å². The summed E-state index contributed by atoms with van der Waals surface area (Å²) in [6, 6.07) is 16.2. The minimum Gasteiger partial charge on any atom is -0.368 e. The lowest BCUT2D eigenvalue weighted by molar-refractivity contribution is 0.0456. The van der Waals surface area contributed by atoms with Gasteiger partial charge in [-0.1, -0.05) is 56.1 Å². The van der Waals surface area contributed by atoms with Crippen LogP contribution in [0.1, 0.15) is 17.2 Å². The first-order valence-corrected chi connectivity index (χ1v) is 7.59. The van der Waals surface area contributed by atoms with Crippen molar-refractivity contribution in [2.75, 3.05) is 6.54 Å². The van der Waals surface area contributed by atoms with Crippen LogP contribution in [-0.2, 0) is 11.3 Å². The molecule has 0 spiro atoms. The average Bonchev–Trinajstić information content (AvgIpc) is 2.43. The topological polar surface area (TPSA) is 35.2 Å². The van der Waals surface area contributed by atoms with Crippen molar-refractivity contribution in [3.63, 3.8) is 0 Å². The van der Waals surface area contributed by atoms with Gasteiger partial charge in [-0.15, -0.1) is 0 Å². The van der Waals surface area contributed by atoms with Crippen LogP contribution in [0, 0.1) is 0 Å². The van der Waals surface area contributed by atoms with E-state index in [0.29, 0.717) is 13.2 Å². The van der Waals surface area contributed by atoms with E-state index in [9.17, 15) is 0 Å². The Morgan fingerprint density at radius 1 is 0.895 bits per heavy atom. The van der Waals surface area contributed by atoms with Gasteiger partial charge in [-0.05, 0) is 35.4 Å². The molecule has 2 N–H and O–H groups in total. The van der Waals surface area contributed by atoms with E-state index >= 15 is 0 Å². The maximum absolute atomic E-state index is 5.89. The second kappa shape index (κ2) is 7.20. The van der Waals surface area contributed by atoms with Crippen LogP contribution in [0.3, 0.4) is 0 Å². The van der Waals surface area contributed by atoms with Crippen molar-refractivity contribution in [2.45, 2.75) is 12.7 Å². The number of rotatable bonds is 5. The highest BCUT2D eigenvalue weighted by atomic mass is 79.9. The zero-order chi connectivity index (χ0) is 13.7. The molecule has 0 heterocycles. The van der Waals surface area contributed by atoms with Gasteiger partial charge in [0.25, 0.3) is 0 Å². The predicted molar refractivity (Wildman–Crippen MR) is 84.9 cm³/mol. The maximum atomic E-state index is 5.89. The largest absolute Gasteiger partial charge is 0.368 e. The molecule has 100 valence electrons. The smallest absolute Gasteiger partial charge is 0.0951 e. The van der Waals surface area contributed by atoms with Gasteiger partial charge >= 0.3 is 0 Å². The van der Waals surface area contributed by atoms with E-state index in [2.05, 4.69) is 31.9 Å². The summed E-state index contributed by atoms with van der Waals surface area (Å²) in [5.41, 5.74) is 8.02. The Morgan fingerprint density at radius 3 is 1.95 bits per heavy atom. The molecule has 0 radical (unpaired) electrons. The molecule has 0 fully saturated rings. The minimum atomic E-state index is -0.0725. The Hall–Kier alpha value is -0.680. The minimum absolute atomic E-state index is 0.0725. The molecule has 0 aliphatic carbocycles. The molecule has 2 nitrogen and oxygen atoms in total. The van der Waals surface area contributed by atoms with E-state index in [1.165, 1.54) is 0 Å². The van der Waals surface area contributed by atoms with Gasteiger partial charge in [0, 0.05) is 15.5 Å². The van der Waals surface area contributed by atoms with E-state index in [1.807, 2.05) is 48.5 Å². The van der Waals surface area contributed by atoms with E-state index < -0.39 is 0 Å². The second-order valence-electron chi connectivity index (χ2n) is 4.21. The monoisotopic (exact) mass is 383 g/mol. The quantitative estimate of drug-likeness (QED) is 0.827. The van der Waals surface area contributed by atoms with E-state index in [-0.39, 0.29) is 6.10 Å². The van der Waals surface area contributed by atoms with Gasteiger partial charge in [0.2, 0.25) is 0 Å². The lowest BCUT2D eigenvalue weighted by Gasteiger charge is -2.16. The second-order valence-corrected chi connectivity index (χ2v) is 6.04. The summed E-state index contributed by atoms with van der Waals surface area (Å²) >= 11 is 6.84. The molecule has 2 rings (SSSR count). The Morgan fingerprint density at radius 2 is 1.42 bits per heavy atom. The van der Waals surface area contributed by atoms with E-state index in [0.717, 1.165) is 20.1 Å². The number of halogens is 2. The molecule has 0 aromatic heterocycles. The molecule has 0 saturated carbocycles. The van der Waals surface area contributed by atoms with Gasteiger partial charge in [0.1, 0.15) is 0 Å². The summed E-state index contributed by atoms with van der Waals surface area (Å²) < 4.78 is 8.01. The van der Waals surface area contributed by atoms with Crippen LogP contribution in [0.25, 0.3) is 0 Å². The van der Waals surface area contributed by atoms with Crippen molar-refractivity contribution >= 4 is 31.9 Å². The van der Waals surface area contributed by atoms with Gasteiger partial charge in [0.05, 0.1) is 12.7 Å². The zero-order valence-corrected chi connectivity index (χ0v) is 13.5. The molecule has 0 amide bonds. The third kappa shape index (κ3) is 4.42. The molecule has 1 atom stereocenters. The zero-order valence-electron chi connectivity index (χ0n) is 10.4. The van der Waals surface area contributed by atoms with Gasteiger partial charge in [-0.2, -0.15) is 0 Å².